The molecule has 1 aliphatic rings. The van der Waals surface area contributed by atoms with Crippen LogP contribution in [0.5, 0.6) is 0 Å². The molecule has 1 heterocycles. The average Bonchev–Trinajstić information content (AvgIpc) is 2.87. The van der Waals surface area contributed by atoms with E-state index in [9.17, 15) is 9.59 Å². The van der Waals surface area contributed by atoms with Crippen LogP contribution in [-0.2, 0) is 20.7 Å². The molecule has 108 valence electrons. The van der Waals surface area contributed by atoms with E-state index in [1.165, 1.54) is 5.56 Å². The van der Waals surface area contributed by atoms with Crippen LogP contribution in [0, 0.1) is 0 Å². The molecule has 0 bridgehead atoms. The van der Waals surface area contributed by atoms with Crippen LogP contribution in [0.1, 0.15) is 38.2 Å². The quantitative estimate of drug-likeness (QED) is 0.661. The highest BCUT2D eigenvalue weighted by Crippen LogP contribution is 2.13. The van der Waals surface area contributed by atoms with Crippen molar-refractivity contribution in [3.8, 4) is 0 Å². The summed E-state index contributed by atoms with van der Waals surface area (Å²) in [5, 5.41) is 3.11. The molecular formula is C16H21NO3. The van der Waals surface area contributed by atoms with E-state index in [2.05, 4.69) is 5.32 Å². The molecule has 0 saturated carbocycles. The van der Waals surface area contributed by atoms with E-state index in [-0.39, 0.29) is 12.5 Å². The SMILES string of the molecule is C[C@@H]1CC[C@@H](C(=O)OC(=O)CCCc2ccccc2)N1. The highest BCUT2D eigenvalue weighted by molar-refractivity contribution is 5.88. The number of carbonyl (C=O) groups excluding carboxylic acids is 2. The zero-order valence-electron chi connectivity index (χ0n) is 11.8. The van der Waals surface area contributed by atoms with E-state index in [0.717, 1.165) is 19.3 Å². The summed E-state index contributed by atoms with van der Waals surface area (Å²) in [4.78, 5) is 23.3. The molecule has 0 amide bonds. The molecule has 0 unspecified atom stereocenters. The van der Waals surface area contributed by atoms with Gasteiger partial charge in [0.1, 0.15) is 6.04 Å². The highest BCUT2D eigenvalue weighted by atomic mass is 16.6. The van der Waals surface area contributed by atoms with E-state index >= 15 is 0 Å². The maximum absolute atomic E-state index is 11.7. The van der Waals surface area contributed by atoms with Gasteiger partial charge in [0.05, 0.1) is 0 Å². The van der Waals surface area contributed by atoms with Gasteiger partial charge in [-0.2, -0.15) is 0 Å². The highest BCUT2D eigenvalue weighted by Gasteiger charge is 2.29. The van der Waals surface area contributed by atoms with Crippen molar-refractivity contribution >= 4 is 11.9 Å². The Balaban J connectivity index is 1.66. The molecule has 2 rings (SSSR count). The normalized spacial score (nSPS) is 21.6. The van der Waals surface area contributed by atoms with Crippen LogP contribution in [0.25, 0.3) is 0 Å². The Morgan fingerprint density at radius 1 is 1.25 bits per heavy atom. The Bertz CT molecular complexity index is 458. The lowest BCUT2D eigenvalue weighted by Gasteiger charge is -2.10. The van der Waals surface area contributed by atoms with Gasteiger partial charge in [0.15, 0.2) is 0 Å². The van der Waals surface area contributed by atoms with Crippen molar-refractivity contribution in [1.82, 2.24) is 5.32 Å². The van der Waals surface area contributed by atoms with Crippen LogP contribution >= 0.6 is 0 Å². The minimum atomic E-state index is -0.431. The van der Waals surface area contributed by atoms with Gasteiger partial charge >= 0.3 is 11.9 Å². The molecule has 1 fully saturated rings. The standard InChI is InChI=1S/C16H21NO3/c1-12-10-11-14(17-12)16(19)20-15(18)9-5-8-13-6-3-2-4-7-13/h2-4,6-7,12,14,17H,5,8-11H2,1H3/t12-,14+/m1/s1. The van der Waals surface area contributed by atoms with Crippen LogP contribution in [-0.4, -0.2) is 24.0 Å². The zero-order chi connectivity index (χ0) is 14.4. The van der Waals surface area contributed by atoms with Crippen molar-refractivity contribution < 1.29 is 14.3 Å². The summed E-state index contributed by atoms with van der Waals surface area (Å²) in [6.45, 7) is 2.02. The van der Waals surface area contributed by atoms with Gasteiger partial charge in [-0.05, 0) is 38.2 Å². The third kappa shape index (κ3) is 4.46. The van der Waals surface area contributed by atoms with E-state index in [4.69, 9.17) is 4.74 Å². The van der Waals surface area contributed by atoms with Crippen LogP contribution in [0.4, 0.5) is 0 Å². The number of esters is 2. The van der Waals surface area contributed by atoms with Gasteiger partial charge in [0.2, 0.25) is 0 Å². The fraction of sp³-hybridized carbons (Fsp3) is 0.500. The van der Waals surface area contributed by atoms with E-state index in [0.29, 0.717) is 12.5 Å². The molecule has 2 atom stereocenters. The van der Waals surface area contributed by atoms with Crippen LogP contribution in [0.3, 0.4) is 0 Å². The lowest BCUT2D eigenvalue weighted by atomic mass is 10.1. The Labute approximate surface area is 119 Å². The monoisotopic (exact) mass is 275 g/mol. The van der Waals surface area contributed by atoms with E-state index in [1.807, 2.05) is 37.3 Å². The topological polar surface area (TPSA) is 55.4 Å². The molecule has 0 aromatic heterocycles. The second-order valence-electron chi connectivity index (χ2n) is 5.33. The first-order valence-electron chi connectivity index (χ1n) is 7.19. The number of hydrogen-bond donors (Lipinski definition) is 1. The number of hydrogen-bond acceptors (Lipinski definition) is 4. The van der Waals surface area contributed by atoms with E-state index in [1.54, 1.807) is 0 Å². The number of aryl methyl sites for hydroxylation is 1. The molecule has 0 spiro atoms. The summed E-state index contributed by atoms with van der Waals surface area (Å²) in [7, 11) is 0. The molecule has 1 aromatic carbocycles. The minimum Gasteiger partial charge on any atom is -0.392 e. The second kappa shape index (κ2) is 7.20. The molecule has 4 heteroatoms. The zero-order valence-corrected chi connectivity index (χ0v) is 11.8. The van der Waals surface area contributed by atoms with Crippen molar-refractivity contribution in [2.24, 2.45) is 0 Å². The second-order valence-corrected chi connectivity index (χ2v) is 5.33. The van der Waals surface area contributed by atoms with Gasteiger partial charge < -0.3 is 10.1 Å². The summed E-state index contributed by atoms with van der Waals surface area (Å²) in [6.07, 6.45) is 3.50. The van der Waals surface area contributed by atoms with Crippen LogP contribution in [0.15, 0.2) is 30.3 Å². The van der Waals surface area contributed by atoms with Gasteiger partial charge in [-0.1, -0.05) is 30.3 Å². The Kier molecular flexibility index (Phi) is 5.30. The number of benzene rings is 1. The van der Waals surface area contributed by atoms with Crippen molar-refractivity contribution in [2.45, 2.75) is 51.1 Å². The molecule has 1 aliphatic heterocycles. The molecule has 0 aliphatic carbocycles. The predicted octanol–water partition coefficient (Wildman–Crippen LogP) is 2.22. The first-order valence-corrected chi connectivity index (χ1v) is 7.19. The molecular weight excluding hydrogens is 254 g/mol. The largest absolute Gasteiger partial charge is 0.392 e. The third-order valence-electron chi connectivity index (χ3n) is 3.56. The maximum Gasteiger partial charge on any atom is 0.330 e. The maximum atomic E-state index is 11.7. The summed E-state index contributed by atoms with van der Waals surface area (Å²) in [6, 6.07) is 9.98. The van der Waals surface area contributed by atoms with Crippen molar-refractivity contribution in [3.63, 3.8) is 0 Å². The first-order chi connectivity index (χ1) is 9.65. The average molecular weight is 275 g/mol. The predicted molar refractivity (Wildman–Crippen MR) is 76.1 cm³/mol. The summed E-state index contributed by atoms with van der Waals surface area (Å²) < 4.78 is 4.88. The van der Waals surface area contributed by atoms with Gasteiger partial charge in [0, 0.05) is 12.5 Å². The molecule has 1 saturated heterocycles. The minimum absolute atomic E-state index is 0.281. The fourth-order valence-electron chi connectivity index (χ4n) is 2.43. The van der Waals surface area contributed by atoms with Gasteiger partial charge in [-0.15, -0.1) is 0 Å². The Morgan fingerprint density at radius 3 is 2.65 bits per heavy atom. The Hall–Kier alpha value is -1.68. The molecule has 1 N–H and O–H groups in total. The van der Waals surface area contributed by atoms with Crippen LogP contribution < -0.4 is 5.32 Å². The summed E-state index contributed by atoms with van der Waals surface area (Å²) in [5.74, 6) is -0.855. The van der Waals surface area contributed by atoms with Crippen LogP contribution in [0.2, 0.25) is 0 Å². The Morgan fingerprint density at radius 2 is 2.00 bits per heavy atom. The number of rotatable bonds is 5. The van der Waals surface area contributed by atoms with Crippen molar-refractivity contribution in [1.29, 1.82) is 0 Å². The molecule has 20 heavy (non-hydrogen) atoms. The first kappa shape index (κ1) is 14.7. The summed E-state index contributed by atoms with van der Waals surface area (Å²) in [5.41, 5.74) is 1.19. The summed E-state index contributed by atoms with van der Waals surface area (Å²) >= 11 is 0. The number of ether oxygens (including phenoxy) is 1. The fourth-order valence-corrected chi connectivity index (χ4v) is 2.43. The smallest absolute Gasteiger partial charge is 0.330 e. The van der Waals surface area contributed by atoms with E-state index < -0.39 is 11.9 Å². The van der Waals surface area contributed by atoms with Crippen molar-refractivity contribution in [3.05, 3.63) is 35.9 Å². The lowest BCUT2D eigenvalue weighted by Crippen LogP contribution is -2.36. The van der Waals surface area contributed by atoms with Gasteiger partial charge in [-0.3, -0.25) is 4.79 Å². The third-order valence-corrected chi connectivity index (χ3v) is 3.56. The molecule has 0 radical (unpaired) electrons. The van der Waals surface area contributed by atoms with Gasteiger partial charge in [0.25, 0.3) is 0 Å². The van der Waals surface area contributed by atoms with Gasteiger partial charge in [-0.25, -0.2) is 4.79 Å². The molecule has 1 aromatic rings. The number of nitrogens with one attached hydrogen (secondary N) is 1. The molecule has 4 nitrogen and oxygen atoms in total. The van der Waals surface area contributed by atoms with Crippen molar-refractivity contribution in [2.75, 3.05) is 0 Å². The lowest BCUT2D eigenvalue weighted by molar-refractivity contribution is -0.161. The number of carbonyl (C=O) groups is 2.